The Morgan fingerprint density at radius 2 is 1.74 bits per heavy atom. The van der Waals surface area contributed by atoms with E-state index in [1.54, 1.807) is 42.3 Å². The molecule has 0 radical (unpaired) electrons. The zero-order valence-electron chi connectivity index (χ0n) is 18.8. The van der Waals surface area contributed by atoms with Gasteiger partial charge in [0.2, 0.25) is 5.82 Å². The lowest BCUT2D eigenvalue weighted by molar-refractivity contribution is 0.403. The van der Waals surface area contributed by atoms with E-state index in [4.69, 9.17) is 21.5 Å². The Kier molecular flexibility index (Phi) is 6.00. The molecule has 0 bridgehead atoms. The van der Waals surface area contributed by atoms with Crippen LogP contribution in [0.25, 0.3) is 17.0 Å². The highest BCUT2D eigenvalue weighted by Crippen LogP contribution is 2.39. The smallest absolute Gasteiger partial charge is 0.258 e. The molecule has 2 heterocycles. The summed E-state index contributed by atoms with van der Waals surface area (Å²) in [6, 6.07) is 19.0. The Morgan fingerprint density at radius 1 is 1.00 bits per heavy atom. The van der Waals surface area contributed by atoms with Crippen LogP contribution >= 0.6 is 12.2 Å². The first-order valence-electron chi connectivity index (χ1n) is 10.8. The number of ether oxygens (including phenoxy) is 1. The van der Waals surface area contributed by atoms with Crippen LogP contribution in [0.3, 0.4) is 0 Å². The molecule has 176 valence electrons. The van der Waals surface area contributed by atoms with E-state index >= 15 is 0 Å². The molecule has 6 nitrogen and oxygen atoms in total. The first-order chi connectivity index (χ1) is 16.9. The van der Waals surface area contributed by atoms with Gasteiger partial charge in [-0.15, -0.1) is 0 Å². The van der Waals surface area contributed by atoms with Crippen LogP contribution in [0.4, 0.5) is 14.5 Å². The summed E-state index contributed by atoms with van der Waals surface area (Å²) < 4.78 is 39.2. The number of benzene rings is 3. The number of nitrogens with one attached hydrogen (secondary N) is 1. The molecule has 1 unspecified atom stereocenters. The molecule has 1 aromatic heterocycles. The van der Waals surface area contributed by atoms with Crippen LogP contribution in [0, 0.1) is 11.6 Å². The molecule has 1 aliphatic rings. The van der Waals surface area contributed by atoms with E-state index in [2.05, 4.69) is 15.5 Å². The number of thiocarbonyl (C=S) groups is 1. The predicted octanol–water partition coefficient (Wildman–Crippen LogP) is 5.89. The van der Waals surface area contributed by atoms with Gasteiger partial charge in [0.15, 0.2) is 5.11 Å². The van der Waals surface area contributed by atoms with Crippen molar-refractivity contribution < 1.29 is 18.0 Å². The summed E-state index contributed by atoms with van der Waals surface area (Å²) in [5, 5.41) is 7.73. The van der Waals surface area contributed by atoms with Gasteiger partial charge in [-0.1, -0.05) is 35.5 Å². The van der Waals surface area contributed by atoms with Gasteiger partial charge in [-0.05, 0) is 67.2 Å². The van der Waals surface area contributed by atoms with E-state index in [1.165, 1.54) is 24.3 Å². The minimum atomic E-state index is -0.568. The molecule has 9 heteroatoms. The molecule has 1 N–H and O–H groups in total. The lowest BCUT2D eigenvalue weighted by Crippen LogP contribution is -2.46. The van der Waals surface area contributed by atoms with Crippen molar-refractivity contribution in [3.63, 3.8) is 0 Å². The van der Waals surface area contributed by atoms with Crippen molar-refractivity contribution in [2.75, 3.05) is 12.0 Å². The normalized spacial score (nSPS) is 15.8. The number of hydrogen-bond donors (Lipinski definition) is 1. The van der Waals surface area contributed by atoms with Crippen molar-refractivity contribution in [1.82, 2.24) is 15.5 Å². The fraction of sp³-hybridized carbons (Fsp3) is 0.115. The number of rotatable bonds is 5. The van der Waals surface area contributed by atoms with E-state index in [-0.39, 0.29) is 11.7 Å². The quantitative estimate of drug-likeness (QED) is 0.350. The predicted molar refractivity (Wildman–Crippen MR) is 133 cm³/mol. The van der Waals surface area contributed by atoms with Crippen LogP contribution in [0.2, 0.25) is 0 Å². The van der Waals surface area contributed by atoms with Gasteiger partial charge in [0.25, 0.3) is 5.89 Å². The van der Waals surface area contributed by atoms with Crippen molar-refractivity contribution in [2.45, 2.75) is 13.0 Å². The number of aromatic nitrogens is 2. The van der Waals surface area contributed by atoms with Gasteiger partial charge < -0.3 is 14.6 Å². The fourth-order valence-corrected chi connectivity index (χ4v) is 4.45. The Hall–Kier alpha value is -4.11. The molecule has 0 aliphatic carbocycles. The third kappa shape index (κ3) is 4.38. The van der Waals surface area contributed by atoms with Crippen molar-refractivity contribution in [3.8, 4) is 17.1 Å². The number of methoxy groups -OCH3 is 1. The lowest BCUT2D eigenvalue weighted by Gasteiger charge is -2.37. The van der Waals surface area contributed by atoms with Gasteiger partial charge in [-0.2, -0.15) is 4.98 Å². The SMILES string of the molecule is COc1cccc(-c2noc(C3=C(C)N(c4cccc(F)c4)C(=S)NC3c3cccc(F)c3)n2)c1. The highest BCUT2D eigenvalue weighted by atomic mass is 32.1. The van der Waals surface area contributed by atoms with Crippen LogP contribution in [-0.4, -0.2) is 22.4 Å². The van der Waals surface area contributed by atoms with E-state index in [0.29, 0.717) is 44.8 Å². The van der Waals surface area contributed by atoms with Crippen LogP contribution in [0.5, 0.6) is 5.75 Å². The summed E-state index contributed by atoms with van der Waals surface area (Å²) >= 11 is 5.64. The van der Waals surface area contributed by atoms with Gasteiger partial charge >= 0.3 is 0 Å². The van der Waals surface area contributed by atoms with Crippen molar-refractivity contribution in [3.05, 3.63) is 102 Å². The molecule has 0 amide bonds. The van der Waals surface area contributed by atoms with E-state index < -0.39 is 11.9 Å². The topological polar surface area (TPSA) is 63.4 Å². The molecular weight excluding hydrogens is 470 g/mol. The molecule has 0 saturated carbocycles. The minimum absolute atomic E-state index is 0.228. The first kappa shape index (κ1) is 22.7. The van der Waals surface area contributed by atoms with Crippen LogP contribution in [0.1, 0.15) is 24.4 Å². The summed E-state index contributed by atoms with van der Waals surface area (Å²) in [4.78, 5) is 6.32. The van der Waals surface area contributed by atoms with Crippen molar-refractivity contribution in [2.24, 2.45) is 0 Å². The second-order valence-electron chi connectivity index (χ2n) is 7.91. The Labute approximate surface area is 205 Å². The molecule has 1 atom stereocenters. The monoisotopic (exact) mass is 490 g/mol. The summed E-state index contributed by atoms with van der Waals surface area (Å²) in [5.74, 6) is 0.463. The molecule has 4 aromatic rings. The molecule has 3 aromatic carbocycles. The maximum atomic E-state index is 14.1. The third-order valence-electron chi connectivity index (χ3n) is 5.72. The average Bonchev–Trinajstić information content (AvgIpc) is 3.33. The first-order valence-corrected chi connectivity index (χ1v) is 11.2. The average molecular weight is 491 g/mol. The second-order valence-corrected chi connectivity index (χ2v) is 8.29. The summed E-state index contributed by atoms with van der Waals surface area (Å²) in [6.45, 7) is 1.83. The number of allylic oxidation sites excluding steroid dienone is 1. The molecule has 0 fully saturated rings. The van der Waals surface area contributed by atoms with Gasteiger partial charge in [0.1, 0.15) is 17.4 Å². The Morgan fingerprint density at radius 3 is 2.49 bits per heavy atom. The van der Waals surface area contributed by atoms with E-state index in [1.807, 2.05) is 25.1 Å². The molecule has 0 spiro atoms. The van der Waals surface area contributed by atoms with Crippen LogP contribution < -0.4 is 15.0 Å². The Bertz CT molecular complexity index is 1450. The minimum Gasteiger partial charge on any atom is -0.497 e. The van der Waals surface area contributed by atoms with Crippen LogP contribution in [-0.2, 0) is 0 Å². The Balaban J connectivity index is 1.66. The number of halogens is 2. The molecule has 1 aliphatic heterocycles. The third-order valence-corrected chi connectivity index (χ3v) is 6.02. The summed E-state index contributed by atoms with van der Waals surface area (Å²) in [7, 11) is 1.58. The van der Waals surface area contributed by atoms with Gasteiger partial charge in [-0.3, -0.25) is 4.90 Å². The molecule has 5 rings (SSSR count). The zero-order chi connectivity index (χ0) is 24.5. The standard InChI is InChI=1S/C26H20F2N4O2S/c1-15-22(25-30-24(31-34-25)17-7-4-11-21(13-17)33-2)23(16-6-3-8-18(27)12-16)29-26(35)32(15)20-10-5-9-19(28)14-20/h3-14,23H,1-2H3,(H,29,35). The number of hydrogen-bond acceptors (Lipinski definition) is 5. The van der Waals surface area contributed by atoms with E-state index in [9.17, 15) is 8.78 Å². The summed E-state index contributed by atoms with van der Waals surface area (Å²) in [6.07, 6.45) is 0. The maximum absolute atomic E-state index is 14.1. The van der Waals surface area contributed by atoms with Gasteiger partial charge in [-0.25, -0.2) is 8.78 Å². The van der Waals surface area contributed by atoms with Crippen molar-refractivity contribution >= 4 is 28.6 Å². The van der Waals surface area contributed by atoms with E-state index in [0.717, 1.165) is 0 Å². The summed E-state index contributed by atoms with van der Waals surface area (Å²) in [5.41, 5.74) is 3.11. The van der Waals surface area contributed by atoms with Gasteiger partial charge in [0, 0.05) is 11.3 Å². The zero-order valence-corrected chi connectivity index (χ0v) is 19.6. The van der Waals surface area contributed by atoms with Gasteiger partial charge in [0.05, 0.1) is 24.4 Å². The highest BCUT2D eigenvalue weighted by Gasteiger charge is 2.35. The van der Waals surface area contributed by atoms with Crippen LogP contribution in [0.15, 0.2) is 83.0 Å². The molecule has 35 heavy (non-hydrogen) atoms. The molecular formula is C26H20F2N4O2S. The number of nitrogens with zero attached hydrogens (tertiary/aromatic N) is 3. The second kappa shape index (κ2) is 9.27. The maximum Gasteiger partial charge on any atom is 0.258 e. The molecule has 0 saturated heterocycles. The van der Waals surface area contributed by atoms with Crippen molar-refractivity contribution in [1.29, 1.82) is 0 Å². The number of anilines is 1. The largest absolute Gasteiger partial charge is 0.497 e. The highest BCUT2D eigenvalue weighted by molar-refractivity contribution is 7.80. The lowest BCUT2D eigenvalue weighted by atomic mass is 9.94. The fourth-order valence-electron chi connectivity index (χ4n) is 4.09.